The van der Waals surface area contributed by atoms with E-state index in [4.69, 9.17) is 27.9 Å². The van der Waals surface area contributed by atoms with Gasteiger partial charge in [0.15, 0.2) is 11.9 Å². The van der Waals surface area contributed by atoms with Gasteiger partial charge in [0.1, 0.15) is 6.54 Å². The molecule has 2 amide bonds. The second-order valence-corrected chi connectivity index (χ2v) is 9.56. The van der Waals surface area contributed by atoms with Crippen molar-refractivity contribution < 1.29 is 27.5 Å². The van der Waals surface area contributed by atoms with E-state index in [1.807, 2.05) is 6.92 Å². The second-order valence-electron chi connectivity index (χ2n) is 6.95. The molecule has 0 aliphatic rings. The number of sulfonamides is 1. The first-order chi connectivity index (χ1) is 15.4. The number of carbonyl (C=O) groups excluding carboxylic acids is 3. The van der Waals surface area contributed by atoms with Crippen LogP contribution in [0, 0.1) is 13.8 Å². The van der Waals surface area contributed by atoms with Crippen molar-refractivity contribution in [1.29, 1.82) is 0 Å². The first-order valence-corrected chi connectivity index (χ1v) is 11.8. The molecular weight excluding hydrogens is 495 g/mol. The van der Waals surface area contributed by atoms with E-state index in [1.54, 1.807) is 13.0 Å². The van der Waals surface area contributed by atoms with Crippen molar-refractivity contribution in [3.05, 3.63) is 51.6 Å². The maximum atomic E-state index is 12.3. The average Bonchev–Trinajstić information content (AvgIpc) is 2.74. The van der Waals surface area contributed by atoms with Gasteiger partial charge in [-0.25, -0.2) is 18.1 Å². The molecule has 3 N–H and O–H groups in total. The Labute approximate surface area is 201 Å². The highest BCUT2D eigenvalue weighted by molar-refractivity contribution is 7.89. The highest BCUT2D eigenvalue weighted by atomic mass is 35.5. The number of hydrogen-bond donors (Lipinski definition) is 3. The van der Waals surface area contributed by atoms with Gasteiger partial charge >= 0.3 is 5.97 Å². The molecule has 13 heteroatoms. The Morgan fingerprint density at radius 2 is 1.79 bits per heavy atom. The van der Waals surface area contributed by atoms with E-state index in [1.165, 1.54) is 31.3 Å². The number of benzene rings is 1. The lowest BCUT2D eigenvalue weighted by Gasteiger charge is -2.14. The fraction of sp³-hybridized carbons (Fsp3) is 0.300. The topological polar surface area (TPSA) is 144 Å². The van der Waals surface area contributed by atoms with E-state index in [0.717, 1.165) is 11.1 Å². The maximum absolute atomic E-state index is 12.3. The van der Waals surface area contributed by atoms with Crippen LogP contribution in [0.15, 0.2) is 35.4 Å². The summed E-state index contributed by atoms with van der Waals surface area (Å²) < 4.78 is 31.7. The molecule has 1 heterocycles. The van der Waals surface area contributed by atoms with E-state index in [2.05, 4.69) is 20.3 Å². The molecule has 0 saturated carbocycles. The highest BCUT2D eigenvalue weighted by Gasteiger charge is 2.21. The van der Waals surface area contributed by atoms with Crippen molar-refractivity contribution in [2.24, 2.45) is 0 Å². The van der Waals surface area contributed by atoms with Crippen molar-refractivity contribution in [3.63, 3.8) is 0 Å². The first kappa shape index (κ1) is 26.5. The minimum Gasteiger partial charge on any atom is -0.451 e. The Morgan fingerprint density at radius 1 is 1.09 bits per heavy atom. The Kier molecular flexibility index (Phi) is 9.17. The summed E-state index contributed by atoms with van der Waals surface area (Å²) in [6.45, 7) is 3.78. The van der Waals surface area contributed by atoms with Crippen LogP contribution in [0.3, 0.4) is 0 Å². The molecule has 0 bridgehead atoms. The molecule has 0 fully saturated rings. The van der Waals surface area contributed by atoms with E-state index in [0.29, 0.717) is 0 Å². The zero-order valence-corrected chi connectivity index (χ0v) is 20.3. The van der Waals surface area contributed by atoms with Crippen LogP contribution in [0.4, 0.5) is 5.82 Å². The number of rotatable bonds is 9. The normalized spacial score (nSPS) is 12.0. The number of aromatic nitrogens is 1. The molecule has 0 radical (unpaired) electrons. The quantitative estimate of drug-likeness (QED) is 0.432. The minimum absolute atomic E-state index is 0.0212. The van der Waals surface area contributed by atoms with Crippen LogP contribution >= 0.6 is 23.2 Å². The van der Waals surface area contributed by atoms with Gasteiger partial charge in [-0.1, -0.05) is 29.3 Å². The number of aryl methyl sites for hydroxylation is 2. The summed E-state index contributed by atoms with van der Waals surface area (Å²) in [6, 6.07) is 5.96. The summed E-state index contributed by atoms with van der Waals surface area (Å²) in [4.78, 5) is 39.8. The number of nitrogens with one attached hydrogen (secondary N) is 3. The smallest absolute Gasteiger partial charge is 0.326 e. The molecule has 1 atom stereocenters. The summed E-state index contributed by atoms with van der Waals surface area (Å²) in [6.07, 6.45) is 0.0648. The molecule has 10 nitrogen and oxygen atoms in total. The van der Waals surface area contributed by atoms with Gasteiger partial charge in [-0.3, -0.25) is 14.4 Å². The lowest BCUT2D eigenvalue weighted by Crippen LogP contribution is -2.40. The molecule has 0 spiro atoms. The SMILES string of the molecule is Cc1ccc(S(=O)(=O)NCC(=O)NCC(=O)OC(C)C(=O)Nc2ncc(Cl)cc2Cl)cc1C. The molecule has 1 aromatic carbocycles. The van der Waals surface area contributed by atoms with Crippen LogP contribution in [-0.2, 0) is 29.1 Å². The third-order valence-corrected chi connectivity index (χ3v) is 6.26. The van der Waals surface area contributed by atoms with Gasteiger partial charge < -0.3 is 15.4 Å². The second kappa shape index (κ2) is 11.4. The van der Waals surface area contributed by atoms with Crippen LogP contribution in [0.1, 0.15) is 18.1 Å². The molecule has 33 heavy (non-hydrogen) atoms. The number of pyridine rings is 1. The van der Waals surface area contributed by atoms with Crippen molar-refractivity contribution in [1.82, 2.24) is 15.0 Å². The van der Waals surface area contributed by atoms with Crippen molar-refractivity contribution in [2.75, 3.05) is 18.4 Å². The number of esters is 1. The number of hydrogen-bond acceptors (Lipinski definition) is 7. The van der Waals surface area contributed by atoms with E-state index in [9.17, 15) is 22.8 Å². The molecule has 1 aromatic heterocycles. The highest BCUT2D eigenvalue weighted by Crippen LogP contribution is 2.22. The molecule has 0 aliphatic carbocycles. The standard InChI is InChI=1S/C20H22Cl2N4O6S/c1-11-4-5-15(6-12(11)2)33(30,31)25-9-17(27)23-10-18(28)32-13(3)20(29)26-19-16(22)7-14(21)8-24-19/h4-8,13,25H,9-10H2,1-3H3,(H,23,27)(H,24,26,29). The fourth-order valence-electron chi connectivity index (χ4n) is 2.38. The third kappa shape index (κ3) is 7.97. The first-order valence-electron chi connectivity index (χ1n) is 9.54. The third-order valence-electron chi connectivity index (χ3n) is 4.37. The zero-order chi connectivity index (χ0) is 24.8. The average molecular weight is 517 g/mol. The fourth-order valence-corrected chi connectivity index (χ4v) is 3.87. The maximum Gasteiger partial charge on any atom is 0.326 e. The van der Waals surface area contributed by atoms with Gasteiger partial charge in [-0.05, 0) is 50.1 Å². The lowest BCUT2D eigenvalue weighted by molar-refractivity contribution is -0.152. The summed E-state index contributed by atoms with van der Waals surface area (Å²) in [5.74, 6) is -2.32. The zero-order valence-electron chi connectivity index (χ0n) is 17.9. The van der Waals surface area contributed by atoms with Crippen LogP contribution in [0.25, 0.3) is 0 Å². The summed E-state index contributed by atoms with van der Waals surface area (Å²) >= 11 is 11.7. The molecule has 1 unspecified atom stereocenters. The van der Waals surface area contributed by atoms with E-state index >= 15 is 0 Å². The monoisotopic (exact) mass is 516 g/mol. The minimum atomic E-state index is -3.90. The summed E-state index contributed by atoms with van der Waals surface area (Å²) in [5.41, 5.74) is 1.72. The van der Waals surface area contributed by atoms with Crippen LogP contribution in [-0.4, -0.2) is 50.4 Å². The number of halogens is 2. The van der Waals surface area contributed by atoms with Gasteiger partial charge in [0.2, 0.25) is 15.9 Å². The van der Waals surface area contributed by atoms with Crippen LogP contribution in [0.5, 0.6) is 0 Å². The largest absolute Gasteiger partial charge is 0.451 e. The Morgan fingerprint density at radius 3 is 2.42 bits per heavy atom. The van der Waals surface area contributed by atoms with E-state index in [-0.39, 0.29) is 20.8 Å². The number of nitrogens with zero attached hydrogens (tertiary/aromatic N) is 1. The van der Waals surface area contributed by atoms with Crippen molar-refractivity contribution in [3.8, 4) is 0 Å². The summed E-state index contributed by atoms with van der Waals surface area (Å²) in [7, 11) is -3.90. The number of amides is 2. The van der Waals surface area contributed by atoms with Gasteiger partial charge in [-0.2, -0.15) is 0 Å². The lowest BCUT2D eigenvalue weighted by atomic mass is 10.1. The van der Waals surface area contributed by atoms with Gasteiger partial charge in [0.25, 0.3) is 5.91 Å². The predicted molar refractivity (Wildman–Crippen MR) is 123 cm³/mol. The molecule has 0 saturated heterocycles. The Balaban J connectivity index is 1.79. The molecule has 2 rings (SSSR count). The van der Waals surface area contributed by atoms with Crippen LogP contribution < -0.4 is 15.4 Å². The number of ether oxygens (including phenoxy) is 1. The molecule has 2 aromatic rings. The van der Waals surface area contributed by atoms with Gasteiger partial charge in [-0.15, -0.1) is 0 Å². The predicted octanol–water partition coefficient (Wildman–Crippen LogP) is 1.97. The van der Waals surface area contributed by atoms with Crippen molar-refractivity contribution >= 4 is 56.8 Å². The molecule has 178 valence electrons. The molecule has 0 aliphatic heterocycles. The molecular formula is C20H22Cl2N4O6S. The van der Waals surface area contributed by atoms with Crippen LogP contribution in [0.2, 0.25) is 10.0 Å². The Bertz CT molecular complexity index is 1170. The van der Waals surface area contributed by atoms with E-state index < -0.39 is 47.0 Å². The van der Waals surface area contributed by atoms with Gasteiger partial charge in [0, 0.05) is 6.20 Å². The van der Waals surface area contributed by atoms with Gasteiger partial charge in [0.05, 0.1) is 21.5 Å². The summed E-state index contributed by atoms with van der Waals surface area (Å²) in [5, 5.41) is 4.99. The number of anilines is 1. The van der Waals surface area contributed by atoms with Crippen molar-refractivity contribution in [2.45, 2.75) is 31.8 Å². The number of carbonyl (C=O) groups is 3. The Hall–Kier alpha value is -2.73.